The molecule has 0 atom stereocenters. The zero-order valence-electron chi connectivity index (χ0n) is 12.6. The maximum Gasteiger partial charge on any atom is 0.253 e. The van der Waals surface area contributed by atoms with E-state index in [-0.39, 0.29) is 5.91 Å². The number of hydrogen-bond acceptors (Lipinski definition) is 4. The fourth-order valence-corrected chi connectivity index (χ4v) is 3.13. The Morgan fingerprint density at radius 1 is 1.33 bits per heavy atom. The highest BCUT2D eigenvalue weighted by Crippen LogP contribution is 2.22. The van der Waals surface area contributed by atoms with Gasteiger partial charge in [0, 0.05) is 30.3 Å². The van der Waals surface area contributed by atoms with E-state index in [0.717, 1.165) is 12.1 Å². The van der Waals surface area contributed by atoms with Crippen LogP contribution in [0.5, 0.6) is 0 Å². The Morgan fingerprint density at radius 2 is 2.10 bits per heavy atom. The lowest BCUT2D eigenvalue weighted by molar-refractivity contribution is 0.0952. The number of nitrogens with one attached hydrogen (secondary N) is 1. The molecular formula is C16H21N3OS. The number of aryl methyl sites for hydroxylation is 1. The SMILES string of the molecule is CCc1ccsc1CNC(=O)c1cc(N)ccc1N(C)C. The molecule has 0 spiro atoms. The van der Waals surface area contributed by atoms with E-state index >= 15 is 0 Å². The van der Waals surface area contributed by atoms with Crippen LogP contribution in [0.25, 0.3) is 0 Å². The van der Waals surface area contributed by atoms with Crippen LogP contribution in [-0.2, 0) is 13.0 Å². The van der Waals surface area contributed by atoms with Crippen LogP contribution in [-0.4, -0.2) is 20.0 Å². The average molecular weight is 303 g/mol. The summed E-state index contributed by atoms with van der Waals surface area (Å²) in [6.45, 7) is 2.68. The van der Waals surface area contributed by atoms with Crippen molar-refractivity contribution in [2.24, 2.45) is 0 Å². The number of rotatable bonds is 5. The van der Waals surface area contributed by atoms with Gasteiger partial charge in [0.25, 0.3) is 5.91 Å². The summed E-state index contributed by atoms with van der Waals surface area (Å²) in [5, 5.41) is 5.05. The fraction of sp³-hybridized carbons (Fsp3) is 0.312. The molecule has 3 N–H and O–H groups in total. The minimum absolute atomic E-state index is 0.0959. The average Bonchev–Trinajstić information content (AvgIpc) is 2.91. The molecule has 1 aromatic heterocycles. The van der Waals surface area contributed by atoms with Gasteiger partial charge in [-0.05, 0) is 41.6 Å². The topological polar surface area (TPSA) is 58.4 Å². The van der Waals surface area contributed by atoms with Crippen molar-refractivity contribution in [1.82, 2.24) is 5.32 Å². The molecular weight excluding hydrogens is 282 g/mol. The Kier molecular flexibility index (Phi) is 4.85. The molecule has 2 rings (SSSR count). The van der Waals surface area contributed by atoms with Crippen molar-refractivity contribution in [3.63, 3.8) is 0 Å². The molecule has 1 aromatic carbocycles. The van der Waals surface area contributed by atoms with Gasteiger partial charge in [-0.15, -0.1) is 11.3 Å². The molecule has 0 bridgehead atoms. The van der Waals surface area contributed by atoms with Gasteiger partial charge in [0.15, 0.2) is 0 Å². The van der Waals surface area contributed by atoms with Gasteiger partial charge in [-0.25, -0.2) is 0 Å². The lowest BCUT2D eigenvalue weighted by Gasteiger charge is -2.17. The molecule has 2 aromatic rings. The molecule has 0 unspecified atom stereocenters. The molecule has 0 saturated carbocycles. The van der Waals surface area contributed by atoms with Gasteiger partial charge in [-0.3, -0.25) is 4.79 Å². The Hall–Kier alpha value is -2.01. The number of thiophene rings is 1. The summed E-state index contributed by atoms with van der Waals surface area (Å²) in [6.07, 6.45) is 0.982. The molecule has 1 heterocycles. The normalized spacial score (nSPS) is 10.4. The van der Waals surface area contributed by atoms with Crippen molar-refractivity contribution in [3.05, 3.63) is 45.6 Å². The van der Waals surface area contributed by atoms with Gasteiger partial charge in [0.2, 0.25) is 0 Å². The smallest absolute Gasteiger partial charge is 0.253 e. The van der Waals surface area contributed by atoms with Crippen molar-refractivity contribution < 1.29 is 4.79 Å². The highest BCUT2D eigenvalue weighted by Gasteiger charge is 2.14. The standard InChI is InChI=1S/C16H21N3OS/c1-4-11-7-8-21-15(11)10-18-16(20)13-9-12(17)5-6-14(13)19(2)3/h5-9H,4,10,17H2,1-3H3,(H,18,20). The number of nitrogens with two attached hydrogens (primary N) is 1. The molecule has 0 radical (unpaired) electrons. The van der Waals surface area contributed by atoms with Crippen molar-refractivity contribution in [1.29, 1.82) is 0 Å². The first-order chi connectivity index (χ1) is 10.0. The predicted molar refractivity (Wildman–Crippen MR) is 90.0 cm³/mol. The maximum absolute atomic E-state index is 12.4. The third-order valence-electron chi connectivity index (χ3n) is 3.38. The Labute approximate surface area is 129 Å². The van der Waals surface area contributed by atoms with Gasteiger partial charge in [-0.1, -0.05) is 6.92 Å². The Balaban J connectivity index is 2.15. The largest absolute Gasteiger partial charge is 0.399 e. The molecule has 21 heavy (non-hydrogen) atoms. The van der Waals surface area contributed by atoms with Crippen molar-refractivity contribution in [2.45, 2.75) is 19.9 Å². The number of anilines is 2. The lowest BCUT2D eigenvalue weighted by Crippen LogP contribution is -2.25. The number of nitrogens with zero attached hydrogens (tertiary/aromatic N) is 1. The van der Waals surface area contributed by atoms with Crippen LogP contribution in [0.15, 0.2) is 29.6 Å². The van der Waals surface area contributed by atoms with Crippen LogP contribution < -0.4 is 16.0 Å². The lowest BCUT2D eigenvalue weighted by atomic mass is 10.1. The Bertz CT molecular complexity index is 634. The van der Waals surface area contributed by atoms with Gasteiger partial charge < -0.3 is 16.0 Å². The molecule has 1 amide bonds. The summed E-state index contributed by atoms with van der Waals surface area (Å²) in [7, 11) is 3.83. The highest BCUT2D eigenvalue weighted by atomic mass is 32.1. The number of carbonyl (C=O) groups excluding carboxylic acids is 1. The fourth-order valence-electron chi connectivity index (χ4n) is 2.22. The zero-order chi connectivity index (χ0) is 15.4. The van der Waals surface area contributed by atoms with E-state index < -0.39 is 0 Å². The van der Waals surface area contributed by atoms with Crippen molar-refractivity contribution in [2.75, 3.05) is 24.7 Å². The van der Waals surface area contributed by atoms with Gasteiger partial charge >= 0.3 is 0 Å². The first-order valence-corrected chi connectivity index (χ1v) is 7.81. The predicted octanol–water partition coefficient (Wildman–Crippen LogP) is 2.89. The first-order valence-electron chi connectivity index (χ1n) is 6.93. The monoisotopic (exact) mass is 303 g/mol. The molecule has 5 heteroatoms. The van der Waals surface area contributed by atoms with Crippen LogP contribution in [0, 0.1) is 0 Å². The number of carbonyl (C=O) groups is 1. The van der Waals surface area contributed by atoms with E-state index in [2.05, 4.69) is 23.7 Å². The van der Waals surface area contributed by atoms with Gasteiger partial charge in [0.1, 0.15) is 0 Å². The molecule has 112 valence electrons. The van der Waals surface area contributed by atoms with Crippen molar-refractivity contribution >= 4 is 28.6 Å². The number of nitrogen functional groups attached to an aromatic ring is 1. The molecule has 0 aliphatic rings. The van der Waals surface area contributed by atoms with E-state index in [1.54, 1.807) is 23.5 Å². The minimum Gasteiger partial charge on any atom is -0.399 e. The van der Waals surface area contributed by atoms with Gasteiger partial charge in [0.05, 0.1) is 12.1 Å². The van der Waals surface area contributed by atoms with E-state index in [0.29, 0.717) is 17.8 Å². The van der Waals surface area contributed by atoms with E-state index in [4.69, 9.17) is 5.73 Å². The number of benzene rings is 1. The number of amides is 1. The summed E-state index contributed by atoms with van der Waals surface area (Å²) in [4.78, 5) is 15.6. The van der Waals surface area contributed by atoms with E-state index in [9.17, 15) is 4.79 Å². The molecule has 0 saturated heterocycles. The van der Waals surface area contributed by atoms with Gasteiger partial charge in [-0.2, -0.15) is 0 Å². The third kappa shape index (κ3) is 3.55. The van der Waals surface area contributed by atoms with E-state index in [1.165, 1.54) is 10.4 Å². The van der Waals surface area contributed by atoms with Crippen LogP contribution in [0.2, 0.25) is 0 Å². The van der Waals surface area contributed by atoms with E-state index in [1.807, 2.05) is 25.1 Å². The zero-order valence-corrected chi connectivity index (χ0v) is 13.5. The summed E-state index contributed by atoms with van der Waals surface area (Å²) in [5.74, 6) is -0.0959. The third-order valence-corrected chi connectivity index (χ3v) is 4.34. The first kappa shape index (κ1) is 15.4. The molecule has 0 aliphatic carbocycles. The second kappa shape index (κ2) is 6.63. The van der Waals surface area contributed by atoms with Crippen LogP contribution >= 0.6 is 11.3 Å². The maximum atomic E-state index is 12.4. The molecule has 4 nitrogen and oxygen atoms in total. The summed E-state index contributed by atoms with van der Waals surface area (Å²) >= 11 is 1.68. The highest BCUT2D eigenvalue weighted by molar-refractivity contribution is 7.10. The van der Waals surface area contributed by atoms with Crippen LogP contribution in [0.1, 0.15) is 27.7 Å². The number of hydrogen-bond donors (Lipinski definition) is 2. The summed E-state index contributed by atoms with van der Waals surface area (Å²) < 4.78 is 0. The van der Waals surface area contributed by atoms with Crippen molar-refractivity contribution in [3.8, 4) is 0 Å². The second-order valence-electron chi connectivity index (χ2n) is 5.08. The quantitative estimate of drug-likeness (QED) is 0.835. The molecule has 0 fully saturated rings. The minimum atomic E-state index is -0.0959. The Morgan fingerprint density at radius 3 is 2.76 bits per heavy atom. The molecule has 0 aliphatic heterocycles. The summed E-state index contributed by atoms with van der Waals surface area (Å²) in [5.41, 5.74) is 9.16. The summed E-state index contributed by atoms with van der Waals surface area (Å²) in [6, 6.07) is 7.51. The van der Waals surface area contributed by atoms with Crippen LogP contribution in [0.4, 0.5) is 11.4 Å². The second-order valence-corrected chi connectivity index (χ2v) is 6.08. The van der Waals surface area contributed by atoms with Crippen LogP contribution in [0.3, 0.4) is 0 Å².